The van der Waals surface area contributed by atoms with Crippen molar-refractivity contribution in [1.29, 1.82) is 0 Å². The maximum Gasteiger partial charge on any atom is 0.258 e. The highest BCUT2D eigenvalue weighted by Gasteiger charge is 2.13. The van der Waals surface area contributed by atoms with Gasteiger partial charge in [-0.1, -0.05) is 13.0 Å². The monoisotopic (exact) mass is 256 g/mol. The van der Waals surface area contributed by atoms with Crippen molar-refractivity contribution in [2.45, 2.75) is 26.8 Å². The summed E-state index contributed by atoms with van der Waals surface area (Å²) in [5.74, 6) is 5.68. The molecule has 0 fully saturated rings. The highest BCUT2D eigenvalue weighted by atomic mass is 15.4. The van der Waals surface area contributed by atoms with Crippen LogP contribution in [0.1, 0.15) is 19.4 Å². The molecule has 6 nitrogen and oxygen atoms in total. The first kappa shape index (κ1) is 11.9. The highest BCUT2D eigenvalue weighted by Crippen LogP contribution is 2.27. The molecule has 98 valence electrons. The largest absolute Gasteiger partial charge is 0.324 e. The first-order chi connectivity index (χ1) is 9.28. The van der Waals surface area contributed by atoms with E-state index in [1.54, 1.807) is 0 Å². The summed E-state index contributed by atoms with van der Waals surface area (Å²) in [5, 5.41) is 9.31. The van der Waals surface area contributed by atoms with Crippen LogP contribution in [-0.2, 0) is 13.0 Å². The Morgan fingerprint density at radius 1 is 1.26 bits per heavy atom. The lowest BCUT2D eigenvalue weighted by Crippen LogP contribution is -2.11. The zero-order valence-electron chi connectivity index (χ0n) is 11.0. The minimum Gasteiger partial charge on any atom is -0.324 e. The zero-order chi connectivity index (χ0) is 13.4. The third-order valence-corrected chi connectivity index (χ3v) is 3.38. The number of benzene rings is 1. The van der Waals surface area contributed by atoms with Gasteiger partial charge in [-0.3, -0.25) is 5.43 Å². The van der Waals surface area contributed by atoms with Gasteiger partial charge in [0, 0.05) is 11.9 Å². The number of aromatic nitrogens is 4. The number of aryl methyl sites for hydroxylation is 2. The molecule has 3 N–H and O–H groups in total. The van der Waals surface area contributed by atoms with Gasteiger partial charge in [0.1, 0.15) is 5.52 Å². The van der Waals surface area contributed by atoms with Crippen molar-refractivity contribution < 1.29 is 0 Å². The number of nitrogens with one attached hydrogen (secondary N) is 1. The van der Waals surface area contributed by atoms with Crippen LogP contribution < -0.4 is 11.3 Å². The molecule has 0 amide bonds. The Kier molecular flexibility index (Phi) is 2.79. The van der Waals surface area contributed by atoms with Crippen LogP contribution >= 0.6 is 0 Å². The van der Waals surface area contributed by atoms with E-state index in [4.69, 9.17) is 5.84 Å². The summed E-state index contributed by atoms with van der Waals surface area (Å²) in [6.07, 6.45) is 0.998. The Labute approximate surface area is 110 Å². The predicted molar refractivity (Wildman–Crippen MR) is 75.7 cm³/mol. The number of rotatable bonds is 3. The van der Waals surface area contributed by atoms with Crippen LogP contribution in [0.5, 0.6) is 0 Å². The van der Waals surface area contributed by atoms with Crippen molar-refractivity contribution in [3.8, 4) is 0 Å². The molecular formula is C13H16N6. The van der Waals surface area contributed by atoms with Crippen molar-refractivity contribution in [2.24, 2.45) is 5.84 Å². The van der Waals surface area contributed by atoms with Crippen molar-refractivity contribution in [2.75, 3.05) is 5.43 Å². The minimum absolute atomic E-state index is 0.334. The van der Waals surface area contributed by atoms with Crippen LogP contribution in [0.4, 0.5) is 5.95 Å². The number of nitrogen functional groups attached to an aromatic ring is 1. The number of hydrogen-bond donors (Lipinski definition) is 2. The number of nitrogens with zero attached hydrogens (tertiary/aromatic N) is 4. The standard InChI is InChI=1S/C13H16N6/c1-3-8-5-6-10-9(7-8)11-12(19(10)4-2)15-13(16-14)18-17-11/h5-7H,3-4,14H2,1-2H3,(H,15,16,18). The molecule has 3 rings (SSSR count). The lowest BCUT2D eigenvalue weighted by molar-refractivity contribution is 0.811. The van der Waals surface area contributed by atoms with Crippen LogP contribution in [0.25, 0.3) is 22.1 Å². The van der Waals surface area contributed by atoms with Gasteiger partial charge >= 0.3 is 0 Å². The van der Waals surface area contributed by atoms with Crippen LogP contribution in [0.3, 0.4) is 0 Å². The molecule has 2 heterocycles. The number of hydrogen-bond acceptors (Lipinski definition) is 5. The second kappa shape index (κ2) is 4.47. The molecule has 3 aromatic rings. The lowest BCUT2D eigenvalue weighted by Gasteiger charge is -2.02. The van der Waals surface area contributed by atoms with Gasteiger partial charge in [0.25, 0.3) is 5.95 Å². The fraction of sp³-hybridized carbons (Fsp3) is 0.308. The van der Waals surface area contributed by atoms with Gasteiger partial charge in [-0.2, -0.15) is 4.98 Å². The smallest absolute Gasteiger partial charge is 0.258 e. The summed E-state index contributed by atoms with van der Waals surface area (Å²) in [7, 11) is 0. The molecule has 0 aliphatic rings. The number of fused-ring (bicyclic) bond motifs is 3. The average molecular weight is 256 g/mol. The molecule has 2 aromatic heterocycles. The van der Waals surface area contributed by atoms with Gasteiger partial charge in [0.05, 0.1) is 5.52 Å². The summed E-state index contributed by atoms with van der Waals surface area (Å²) >= 11 is 0. The molecule has 0 aliphatic carbocycles. The van der Waals surface area contributed by atoms with Crippen molar-refractivity contribution >= 4 is 28.0 Å². The van der Waals surface area contributed by atoms with E-state index in [1.165, 1.54) is 5.56 Å². The van der Waals surface area contributed by atoms with Crippen molar-refractivity contribution in [1.82, 2.24) is 19.7 Å². The molecule has 0 saturated carbocycles. The Balaban J connectivity index is 2.42. The molecular weight excluding hydrogens is 240 g/mol. The molecule has 0 spiro atoms. The molecule has 0 aliphatic heterocycles. The molecule has 0 saturated heterocycles. The van der Waals surface area contributed by atoms with Crippen LogP contribution in [-0.4, -0.2) is 19.7 Å². The number of hydrazine groups is 1. The summed E-state index contributed by atoms with van der Waals surface area (Å²) in [6.45, 7) is 5.05. The molecule has 0 bridgehead atoms. The molecule has 19 heavy (non-hydrogen) atoms. The summed E-state index contributed by atoms with van der Waals surface area (Å²) < 4.78 is 2.12. The summed E-state index contributed by atoms with van der Waals surface area (Å²) in [5.41, 5.74) is 6.49. The molecule has 0 unspecified atom stereocenters. The average Bonchev–Trinajstić information content (AvgIpc) is 2.78. The fourth-order valence-electron chi connectivity index (χ4n) is 2.40. The molecule has 6 heteroatoms. The van der Waals surface area contributed by atoms with E-state index in [-0.39, 0.29) is 0 Å². The Hall–Kier alpha value is -2.21. The van der Waals surface area contributed by atoms with E-state index >= 15 is 0 Å². The minimum atomic E-state index is 0.334. The van der Waals surface area contributed by atoms with Gasteiger partial charge in [0.15, 0.2) is 5.65 Å². The van der Waals surface area contributed by atoms with Crippen LogP contribution in [0.15, 0.2) is 18.2 Å². The number of nitrogens with two attached hydrogens (primary N) is 1. The maximum atomic E-state index is 5.35. The van der Waals surface area contributed by atoms with E-state index in [2.05, 4.69) is 57.2 Å². The highest BCUT2D eigenvalue weighted by molar-refractivity contribution is 6.04. The van der Waals surface area contributed by atoms with Crippen LogP contribution in [0.2, 0.25) is 0 Å². The summed E-state index contributed by atoms with van der Waals surface area (Å²) in [6, 6.07) is 6.43. The lowest BCUT2D eigenvalue weighted by atomic mass is 10.1. The Morgan fingerprint density at radius 3 is 2.79 bits per heavy atom. The Bertz CT molecular complexity index is 746. The van der Waals surface area contributed by atoms with Gasteiger partial charge in [-0.05, 0) is 31.0 Å². The first-order valence-electron chi connectivity index (χ1n) is 6.40. The predicted octanol–water partition coefficient (Wildman–Crippen LogP) is 1.85. The van der Waals surface area contributed by atoms with Crippen LogP contribution in [0, 0.1) is 0 Å². The third kappa shape index (κ3) is 1.72. The zero-order valence-corrected chi connectivity index (χ0v) is 11.0. The molecule has 1 aromatic carbocycles. The van der Waals surface area contributed by atoms with E-state index in [9.17, 15) is 0 Å². The first-order valence-corrected chi connectivity index (χ1v) is 6.40. The SMILES string of the molecule is CCc1ccc2c(c1)c1nnc(NN)nc1n2CC. The van der Waals surface area contributed by atoms with Gasteiger partial charge < -0.3 is 4.57 Å². The van der Waals surface area contributed by atoms with Gasteiger partial charge in [-0.15, -0.1) is 10.2 Å². The Morgan fingerprint density at radius 2 is 2.11 bits per heavy atom. The van der Waals surface area contributed by atoms with E-state index in [0.717, 1.165) is 35.0 Å². The van der Waals surface area contributed by atoms with E-state index in [0.29, 0.717) is 5.95 Å². The maximum absolute atomic E-state index is 5.35. The number of anilines is 1. The van der Waals surface area contributed by atoms with Crippen molar-refractivity contribution in [3.05, 3.63) is 23.8 Å². The normalized spacial score (nSPS) is 11.3. The van der Waals surface area contributed by atoms with Gasteiger partial charge in [-0.25, -0.2) is 5.84 Å². The molecule has 0 atom stereocenters. The summed E-state index contributed by atoms with van der Waals surface area (Å²) in [4.78, 5) is 4.41. The third-order valence-electron chi connectivity index (χ3n) is 3.38. The second-order valence-electron chi connectivity index (χ2n) is 4.40. The van der Waals surface area contributed by atoms with Gasteiger partial charge in [0.2, 0.25) is 0 Å². The van der Waals surface area contributed by atoms with Crippen molar-refractivity contribution in [3.63, 3.8) is 0 Å². The molecule has 0 radical (unpaired) electrons. The van der Waals surface area contributed by atoms with E-state index in [1.807, 2.05) is 0 Å². The second-order valence-corrected chi connectivity index (χ2v) is 4.40. The fourth-order valence-corrected chi connectivity index (χ4v) is 2.40. The van der Waals surface area contributed by atoms with E-state index < -0.39 is 0 Å². The quantitative estimate of drug-likeness (QED) is 0.552. The topological polar surface area (TPSA) is 81.7 Å².